The summed E-state index contributed by atoms with van der Waals surface area (Å²) in [5, 5.41) is 12.6. The van der Waals surface area contributed by atoms with Gasteiger partial charge in [0, 0.05) is 0 Å². The first-order valence-electron chi connectivity index (χ1n) is 5.51. The van der Waals surface area contributed by atoms with Crippen molar-refractivity contribution in [1.29, 1.82) is 0 Å². The van der Waals surface area contributed by atoms with E-state index in [1.807, 2.05) is 31.2 Å². The standard InChI is InChI=1S/C12H14N4O2/c1-8(9-4-3-5-10(6-9)18-2)14-12(17)11-7-13-16-15-11/h3-8H,1-2H3,(H,14,17)(H,13,15,16). The Morgan fingerprint density at radius 2 is 2.33 bits per heavy atom. The molecular weight excluding hydrogens is 232 g/mol. The Kier molecular flexibility index (Phi) is 3.57. The lowest BCUT2D eigenvalue weighted by molar-refractivity contribution is 0.0934. The molecule has 1 aromatic carbocycles. The number of nitrogens with one attached hydrogen (secondary N) is 2. The third-order valence-electron chi connectivity index (χ3n) is 2.59. The van der Waals surface area contributed by atoms with Gasteiger partial charge in [-0.3, -0.25) is 4.79 Å². The van der Waals surface area contributed by atoms with Crippen LogP contribution in [0.25, 0.3) is 0 Å². The Balaban J connectivity index is 2.07. The zero-order valence-electron chi connectivity index (χ0n) is 10.2. The summed E-state index contributed by atoms with van der Waals surface area (Å²) in [6.07, 6.45) is 1.38. The van der Waals surface area contributed by atoms with Gasteiger partial charge in [-0.2, -0.15) is 15.4 Å². The van der Waals surface area contributed by atoms with Crippen LogP contribution in [0.2, 0.25) is 0 Å². The van der Waals surface area contributed by atoms with Gasteiger partial charge in [0.05, 0.1) is 19.3 Å². The van der Waals surface area contributed by atoms with Crippen molar-refractivity contribution in [1.82, 2.24) is 20.7 Å². The number of benzene rings is 1. The predicted octanol–water partition coefficient (Wildman–Crippen LogP) is 1.30. The molecular formula is C12H14N4O2. The third-order valence-corrected chi connectivity index (χ3v) is 2.59. The number of carbonyl (C=O) groups is 1. The summed E-state index contributed by atoms with van der Waals surface area (Å²) in [7, 11) is 1.61. The molecule has 2 N–H and O–H groups in total. The average molecular weight is 246 g/mol. The minimum absolute atomic E-state index is 0.135. The average Bonchev–Trinajstić information content (AvgIpc) is 2.92. The lowest BCUT2D eigenvalue weighted by atomic mass is 10.1. The van der Waals surface area contributed by atoms with Gasteiger partial charge in [-0.15, -0.1) is 0 Å². The van der Waals surface area contributed by atoms with E-state index < -0.39 is 0 Å². The fourth-order valence-electron chi connectivity index (χ4n) is 1.58. The maximum absolute atomic E-state index is 11.8. The van der Waals surface area contributed by atoms with Gasteiger partial charge in [-0.05, 0) is 24.6 Å². The number of aromatic amines is 1. The summed E-state index contributed by atoms with van der Waals surface area (Å²) < 4.78 is 5.14. The molecule has 18 heavy (non-hydrogen) atoms. The first kappa shape index (κ1) is 12.1. The van der Waals surface area contributed by atoms with E-state index in [1.165, 1.54) is 6.20 Å². The number of carbonyl (C=O) groups excluding carboxylic acids is 1. The van der Waals surface area contributed by atoms with E-state index in [0.717, 1.165) is 11.3 Å². The molecule has 0 bridgehead atoms. The van der Waals surface area contributed by atoms with E-state index in [2.05, 4.69) is 20.7 Å². The van der Waals surface area contributed by atoms with Crippen LogP contribution in [-0.4, -0.2) is 28.4 Å². The van der Waals surface area contributed by atoms with E-state index in [-0.39, 0.29) is 17.6 Å². The molecule has 0 saturated heterocycles. The molecule has 0 fully saturated rings. The van der Waals surface area contributed by atoms with Crippen molar-refractivity contribution in [2.45, 2.75) is 13.0 Å². The van der Waals surface area contributed by atoms with Crippen LogP contribution in [-0.2, 0) is 0 Å². The summed E-state index contributed by atoms with van der Waals surface area (Å²) in [5.41, 5.74) is 1.23. The van der Waals surface area contributed by atoms with Gasteiger partial charge in [0.25, 0.3) is 5.91 Å². The molecule has 6 heteroatoms. The second-order valence-corrected chi connectivity index (χ2v) is 3.83. The summed E-state index contributed by atoms with van der Waals surface area (Å²) in [5.74, 6) is 0.495. The van der Waals surface area contributed by atoms with Crippen LogP contribution >= 0.6 is 0 Å². The first-order chi connectivity index (χ1) is 8.70. The normalized spacial score (nSPS) is 11.9. The van der Waals surface area contributed by atoms with Crippen molar-refractivity contribution in [3.63, 3.8) is 0 Å². The molecule has 1 heterocycles. The van der Waals surface area contributed by atoms with Crippen LogP contribution in [0.4, 0.5) is 0 Å². The minimum atomic E-state index is -0.265. The molecule has 1 amide bonds. The molecule has 0 radical (unpaired) electrons. The van der Waals surface area contributed by atoms with Crippen molar-refractivity contribution in [2.75, 3.05) is 7.11 Å². The third kappa shape index (κ3) is 2.65. The molecule has 1 unspecified atom stereocenters. The Labute approximate surface area is 104 Å². The summed E-state index contributed by atoms with van der Waals surface area (Å²) in [4.78, 5) is 11.8. The number of amides is 1. The number of ether oxygens (including phenoxy) is 1. The van der Waals surface area contributed by atoms with Crippen LogP contribution in [0.3, 0.4) is 0 Å². The van der Waals surface area contributed by atoms with Gasteiger partial charge in [0.15, 0.2) is 5.69 Å². The molecule has 0 saturated carbocycles. The van der Waals surface area contributed by atoms with Crippen LogP contribution in [0, 0.1) is 0 Å². The molecule has 2 aromatic rings. The highest BCUT2D eigenvalue weighted by Crippen LogP contribution is 2.18. The van der Waals surface area contributed by atoms with Gasteiger partial charge in [-0.25, -0.2) is 0 Å². The first-order valence-corrected chi connectivity index (χ1v) is 5.51. The Hall–Kier alpha value is -2.37. The highest BCUT2D eigenvalue weighted by Gasteiger charge is 2.13. The van der Waals surface area contributed by atoms with Gasteiger partial charge in [-0.1, -0.05) is 12.1 Å². The topological polar surface area (TPSA) is 79.9 Å². The van der Waals surface area contributed by atoms with E-state index >= 15 is 0 Å². The summed E-state index contributed by atoms with van der Waals surface area (Å²) in [6, 6.07) is 7.41. The number of rotatable bonds is 4. The Morgan fingerprint density at radius 3 is 3.00 bits per heavy atom. The van der Waals surface area contributed by atoms with Crippen molar-refractivity contribution >= 4 is 5.91 Å². The predicted molar refractivity (Wildman–Crippen MR) is 65.3 cm³/mol. The number of hydrogen-bond acceptors (Lipinski definition) is 4. The van der Waals surface area contributed by atoms with Crippen LogP contribution in [0.1, 0.15) is 29.0 Å². The highest BCUT2D eigenvalue weighted by molar-refractivity contribution is 5.92. The van der Waals surface area contributed by atoms with Crippen molar-refractivity contribution in [3.8, 4) is 5.75 Å². The fourth-order valence-corrected chi connectivity index (χ4v) is 1.58. The zero-order chi connectivity index (χ0) is 13.0. The lowest BCUT2D eigenvalue weighted by Crippen LogP contribution is -2.26. The van der Waals surface area contributed by atoms with Gasteiger partial charge in [0.1, 0.15) is 5.75 Å². The molecule has 0 aliphatic heterocycles. The maximum atomic E-state index is 11.8. The smallest absolute Gasteiger partial charge is 0.273 e. The Bertz CT molecular complexity index is 525. The van der Waals surface area contributed by atoms with Crippen LogP contribution < -0.4 is 10.1 Å². The number of methoxy groups -OCH3 is 1. The van der Waals surface area contributed by atoms with Crippen LogP contribution in [0.5, 0.6) is 5.75 Å². The largest absolute Gasteiger partial charge is 0.497 e. The molecule has 0 spiro atoms. The second-order valence-electron chi connectivity index (χ2n) is 3.83. The number of H-pyrrole nitrogens is 1. The summed E-state index contributed by atoms with van der Waals surface area (Å²) >= 11 is 0. The summed E-state index contributed by atoms with van der Waals surface area (Å²) in [6.45, 7) is 1.90. The van der Waals surface area contributed by atoms with Crippen molar-refractivity contribution < 1.29 is 9.53 Å². The molecule has 1 atom stereocenters. The fraction of sp³-hybridized carbons (Fsp3) is 0.250. The van der Waals surface area contributed by atoms with Gasteiger partial charge in [0.2, 0.25) is 0 Å². The molecule has 0 aliphatic rings. The molecule has 6 nitrogen and oxygen atoms in total. The van der Waals surface area contributed by atoms with E-state index in [0.29, 0.717) is 0 Å². The Morgan fingerprint density at radius 1 is 1.50 bits per heavy atom. The lowest BCUT2D eigenvalue weighted by Gasteiger charge is -2.14. The minimum Gasteiger partial charge on any atom is -0.497 e. The van der Waals surface area contributed by atoms with Gasteiger partial charge < -0.3 is 10.1 Å². The SMILES string of the molecule is COc1cccc(C(C)NC(=O)c2cn[nH]n2)c1. The maximum Gasteiger partial charge on any atom is 0.273 e. The van der Waals surface area contributed by atoms with Crippen molar-refractivity contribution in [2.24, 2.45) is 0 Å². The van der Waals surface area contributed by atoms with Crippen LogP contribution in [0.15, 0.2) is 30.5 Å². The van der Waals surface area contributed by atoms with Gasteiger partial charge >= 0.3 is 0 Å². The quantitative estimate of drug-likeness (QED) is 0.852. The molecule has 2 rings (SSSR count). The second kappa shape index (κ2) is 5.31. The van der Waals surface area contributed by atoms with E-state index in [4.69, 9.17) is 4.74 Å². The van der Waals surface area contributed by atoms with Crippen molar-refractivity contribution in [3.05, 3.63) is 41.7 Å². The zero-order valence-corrected chi connectivity index (χ0v) is 10.2. The molecule has 1 aromatic heterocycles. The molecule has 94 valence electrons. The van der Waals surface area contributed by atoms with E-state index in [9.17, 15) is 4.79 Å². The number of aromatic nitrogens is 3. The molecule has 0 aliphatic carbocycles. The number of nitrogens with zero attached hydrogens (tertiary/aromatic N) is 2. The highest BCUT2D eigenvalue weighted by atomic mass is 16.5. The number of hydrogen-bond donors (Lipinski definition) is 2. The van der Waals surface area contributed by atoms with E-state index in [1.54, 1.807) is 7.11 Å². The monoisotopic (exact) mass is 246 g/mol.